The van der Waals surface area contributed by atoms with Crippen molar-refractivity contribution in [3.05, 3.63) is 108 Å². The molecule has 45 heavy (non-hydrogen) atoms. The number of esters is 1. The van der Waals surface area contributed by atoms with Crippen LogP contribution in [0.15, 0.2) is 91.3 Å². The van der Waals surface area contributed by atoms with Crippen molar-refractivity contribution in [1.82, 2.24) is 20.6 Å². The number of ether oxygens (including phenoxy) is 1. The molecule has 0 aliphatic heterocycles. The fourth-order valence-corrected chi connectivity index (χ4v) is 5.25. The normalized spacial score (nSPS) is 13.2. The number of H-pyrrole nitrogens is 2. The van der Waals surface area contributed by atoms with Gasteiger partial charge in [0.1, 0.15) is 18.7 Å². The van der Waals surface area contributed by atoms with Gasteiger partial charge in [-0.1, -0.05) is 66.7 Å². The first-order valence-electron chi connectivity index (χ1n) is 14.7. The Labute approximate surface area is 259 Å². The molecule has 2 heterocycles. The molecule has 5 rings (SSSR count). The lowest BCUT2D eigenvalue weighted by atomic mass is 10.0. The molecular weight excluding hydrogens is 572 g/mol. The van der Waals surface area contributed by atoms with Gasteiger partial charge >= 0.3 is 5.97 Å². The molecule has 0 unspecified atom stereocenters. The van der Waals surface area contributed by atoms with Crippen molar-refractivity contribution in [3.8, 4) is 0 Å². The molecule has 3 atom stereocenters. The summed E-state index contributed by atoms with van der Waals surface area (Å²) in [6, 6.07) is 21.3. The molecule has 11 nitrogen and oxygen atoms in total. The average Bonchev–Trinajstić information content (AvgIpc) is 3.66. The lowest BCUT2D eigenvalue weighted by Gasteiger charge is -2.24. The van der Waals surface area contributed by atoms with Crippen molar-refractivity contribution < 1.29 is 23.9 Å². The van der Waals surface area contributed by atoms with E-state index < -0.39 is 41.8 Å². The van der Waals surface area contributed by atoms with Crippen molar-refractivity contribution in [2.45, 2.75) is 50.4 Å². The van der Waals surface area contributed by atoms with Gasteiger partial charge in [-0.25, -0.2) is 4.79 Å². The molecule has 3 amide bonds. The maximum atomic E-state index is 13.9. The lowest BCUT2D eigenvalue weighted by molar-refractivity contribution is -0.149. The van der Waals surface area contributed by atoms with Crippen LogP contribution in [0.25, 0.3) is 21.8 Å². The summed E-state index contributed by atoms with van der Waals surface area (Å²) in [5.41, 5.74) is 15.4. The number of fused-ring (bicyclic) bond motifs is 2. The molecule has 0 aliphatic carbocycles. The first kappa shape index (κ1) is 31.0. The van der Waals surface area contributed by atoms with Gasteiger partial charge in [0, 0.05) is 53.5 Å². The summed E-state index contributed by atoms with van der Waals surface area (Å²) in [5.74, 6) is -2.40. The molecule has 5 aromatic rings. The van der Waals surface area contributed by atoms with Crippen molar-refractivity contribution in [2.75, 3.05) is 0 Å². The Bertz CT molecular complexity index is 1800. The number of rotatable bonds is 14. The molecule has 2 aromatic heterocycles. The third-order valence-electron chi connectivity index (χ3n) is 7.69. The van der Waals surface area contributed by atoms with Gasteiger partial charge < -0.3 is 36.8 Å². The van der Waals surface area contributed by atoms with Crippen LogP contribution in [-0.4, -0.2) is 51.8 Å². The molecule has 0 spiro atoms. The largest absolute Gasteiger partial charge is 0.459 e. The molecule has 0 bridgehead atoms. The van der Waals surface area contributed by atoms with Crippen LogP contribution in [0.4, 0.5) is 0 Å². The Morgan fingerprint density at radius 1 is 0.711 bits per heavy atom. The molecule has 0 saturated heterocycles. The van der Waals surface area contributed by atoms with Gasteiger partial charge in [-0.05, 0) is 35.2 Å². The zero-order chi connectivity index (χ0) is 31.8. The molecule has 0 radical (unpaired) electrons. The van der Waals surface area contributed by atoms with Gasteiger partial charge in [-0.15, -0.1) is 0 Å². The highest BCUT2D eigenvalue weighted by Gasteiger charge is 2.30. The van der Waals surface area contributed by atoms with Crippen LogP contribution >= 0.6 is 0 Å². The quantitative estimate of drug-likeness (QED) is 0.105. The van der Waals surface area contributed by atoms with E-state index in [1.165, 1.54) is 0 Å². The molecule has 0 aliphatic rings. The number of nitrogens with one attached hydrogen (secondary N) is 4. The van der Waals surface area contributed by atoms with Crippen LogP contribution in [0.2, 0.25) is 0 Å². The third kappa shape index (κ3) is 7.95. The van der Waals surface area contributed by atoms with E-state index in [0.29, 0.717) is 0 Å². The Kier molecular flexibility index (Phi) is 9.90. The predicted molar refractivity (Wildman–Crippen MR) is 171 cm³/mol. The summed E-state index contributed by atoms with van der Waals surface area (Å²) in [6.45, 7) is 0.0319. The second-order valence-corrected chi connectivity index (χ2v) is 11.0. The average molecular weight is 609 g/mol. The predicted octanol–water partition coefficient (Wildman–Crippen LogP) is 2.74. The molecule has 0 fully saturated rings. The van der Waals surface area contributed by atoms with E-state index in [4.69, 9.17) is 16.2 Å². The molecular formula is C34H36N6O5. The fourth-order valence-electron chi connectivity index (χ4n) is 5.25. The van der Waals surface area contributed by atoms with E-state index in [-0.39, 0.29) is 32.3 Å². The van der Waals surface area contributed by atoms with Crippen molar-refractivity contribution in [1.29, 1.82) is 0 Å². The van der Waals surface area contributed by atoms with E-state index in [9.17, 15) is 19.2 Å². The first-order valence-corrected chi connectivity index (χ1v) is 14.7. The van der Waals surface area contributed by atoms with Gasteiger partial charge in [0.2, 0.25) is 17.7 Å². The Balaban J connectivity index is 1.39. The van der Waals surface area contributed by atoms with E-state index in [0.717, 1.165) is 38.5 Å². The van der Waals surface area contributed by atoms with Gasteiger partial charge in [0.25, 0.3) is 0 Å². The Morgan fingerprint density at radius 2 is 1.24 bits per heavy atom. The van der Waals surface area contributed by atoms with Crippen molar-refractivity contribution in [3.63, 3.8) is 0 Å². The summed E-state index contributed by atoms with van der Waals surface area (Å²) < 4.78 is 5.65. The number of hydrogen-bond acceptors (Lipinski definition) is 6. The Hall–Kier alpha value is -5.42. The number of benzene rings is 3. The van der Waals surface area contributed by atoms with Crippen LogP contribution in [0.3, 0.4) is 0 Å². The highest BCUT2D eigenvalue weighted by molar-refractivity contribution is 5.94. The second kappa shape index (κ2) is 14.4. The molecule has 232 valence electrons. The zero-order valence-corrected chi connectivity index (χ0v) is 24.6. The number of aromatic nitrogens is 2. The van der Waals surface area contributed by atoms with E-state index in [1.807, 2.05) is 78.9 Å². The number of carbonyl (C=O) groups is 4. The van der Waals surface area contributed by atoms with Crippen LogP contribution in [-0.2, 0) is 43.4 Å². The second-order valence-electron chi connectivity index (χ2n) is 11.0. The lowest BCUT2D eigenvalue weighted by Crippen LogP contribution is -2.55. The summed E-state index contributed by atoms with van der Waals surface area (Å²) >= 11 is 0. The van der Waals surface area contributed by atoms with Gasteiger partial charge in [0.05, 0.1) is 6.04 Å². The van der Waals surface area contributed by atoms with Crippen LogP contribution in [0.5, 0.6) is 0 Å². The highest BCUT2D eigenvalue weighted by atomic mass is 16.5. The maximum Gasteiger partial charge on any atom is 0.329 e. The number of carbonyl (C=O) groups excluding carboxylic acids is 4. The minimum Gasteiger partial charge on any atom is -0.459 e. The fraction of sp³-hybridized carbons (Fsp3) is 0.235. The minimum atomic E-state index is -1.09. The maximum absolute atomic E-state index is 13.9. The van der Waals surface area contributed by atoms with E-state index >= 15 is 0 Å². The van der Waals surface area contributed by atoms with Crippen LogP contribution in [0, 0.1) is 0 Å². The van der Waals surface area contributed by atoms with Crippen molar-refractivity contribution >= 4 is 45.5 Å². The summed E-state index contributed by atoms with van der Waals surface area (Å²) in [5, 5.41) is 7.38. The van der Waals surface area contributed by atoms with E-state index in [2.05, 4.69) is 20.6 Å². The zero-order valence-electron chi connectivity index (χ0n) is 24.6. The van der Waals surface area contributed by atoms with Crippen LogP contribution < -0.4 is 22.1 Å². The molecule has 8 N–H and O–H groups in total. The first-order chi connectivity index (χ1) is 21.8. The van der Waals surface area contributed by atoms with Gasteiger partial charge in [0.15, 0.2) is 0 Å². The third-order valence-corrected chi connectivity index (χ3v) is 7.69. The molecule has 0 saturated carbocycles. The number of para-hydroxylation sites is 2. The SMILES string of the molecule is NC(=O)CC[C@H](N)C(=O)N[C@@H](Cc1c[nH]c2ccccc12)C(=O)N[C@@H](Cc1c[nH]c2ccccc12)C(=O)OCc1ccccc1. The van der Waals surface area contributed by atoms with Gasteiger partial charge in [-0.3, -0.25) is 14.4 Å². The topological polar surface area (TPSA) is 185 Å². The van der Waals surface area contributed by atoms with E-state index in [1.54, 1.807) is 12.4 Å². The smallest absolute Gasteiger partial charge is 0.329 e. The highest BCUT2D eigenvalue weighted by Crippen LogP contribution is 2.21. The van der Waals surface area contributed by atoms with Crippen molar-refractivity contribution in [2.24, 2.45) is 11.5 Å². The van der Waals surface area contributed by atoms with Crippen LogP contribution in [0.1, 0.15) is 29.5 Å². The monoisotopic (exact) mass is 608 g/mol. The Morgan fingerprint density at radius 3 is 1.84 bits per heavy atom. The number of amides is 3. The number of nitrogens with two attached hydrogens (primary N) is 2. The standard InChI is InChI=1S/C34H36N6O5/c35-26(14-15-31(36)41)32(42)39-29(16-22-18-37-27-12-6-4-10-24(22)27)33(43)40-30(34(44)45-20-21-8-2-1-3-9-21)17-23-19-38-28-13-7-5-11-25(23)28/h1-13,18-19,26,29-30,37-38H,14-17,20,35H2,(H2,36,41)(H,39,42)(H,40,43)/t26-,29-,30-/m0/s1. The number of aromatic amines is 2. The van der Waals surface area contributed by atoms with Gasteiger partial charge in [-0.2, -0.15) is 0 Å². The summed E-state index contributed by atoms with van der Waals surface area (Å²) in [7, 11) is 0. The minimum absolute atomic E-state index is 0.0254. The number of primary amides is 1. The molecule has 3 aromatic carbocycles. The molecule has 11 heteroatoms. The summed E-state index contributed by atoms with van der Waals surface area (Å²) in [4.78, 5) is 58.2. The summed E-state index contributed by atoms with van der Waals surface area (Å²) in [6.07, 6.45) is 3.79. The number of hydrogen-bond donors (Lipinski definition) is 6.